The second-order valence-electron chi connectivity index (χ2n) is 5.19. The van der Waals surface area contributed by atoms with Gasteiger partial charge in [-0.2, -0.15) is 0 Å². The van der Waals surface area contributed by atoms with Gasteiger partial charge in [0.1, 0.15) is 17.5 Å². The average molecular weight is 269 g/mol. The van der Waals surface area contributed by atoms with E-state index >= 15 is 0 Å². The molecule has 1 saturated heterocycles. The zero-order chi connectivity index (χ0) is 13.9. The van der Waals surface area contributed by atoms with Gasteiger partial charge in [0.2, 0.25) is 0 Å². The van der Waals surface area contributed by atoms with Crippen LogP contribution in [-0.2, 0) is 0 Å². The summed E-state index contributed by atoms with van der Waals surface area (Å²) in [5.41, 5.74) is 1.96. The van der Waals surface area contributed by atoms with Crippen molar-refractivity contribution < 1.29 is 0 Å². The maximum absolute atomic E-state index is 4.62. The van der Waals surface area contributed by atoms with Crippen molar-refractivity contribution in [3.8, 4) is 0 Å². The molecule has 104 valence electrons. The first-order valence-electron chi connectivity index (χ1n) is 7.00. The summed E-state index contributed by atoms with van der Waals surface area (Å²) >= 11 is 0. The van der Waals surface area contributed by atoms with E-state index in [4.69, 9.17) is 0 Å². The third-order valence-corrected chi connectivity index (χ3v) is 3.39. The Morgan fingerprint density at radius 1 is 1.10 bits per heavy atom. The highest BCUT2D eigenvalue weighted by Gasteiger charge is 2.19. The van der Waals surface area contributed by atoms with E-state index in [2.05, 4.69) is 25.6 Å². The fourth-order valence-electron chi connectivity index (χ4n) is 2.46. The second-order valence-corrected chi connectivity index (χ2v) is 5.19. The van der Waals surface area contributed by atoms with Crippen LogP contribution in [0.5, 0.6) is 0 Å². The summed E-state index contributed by atoms with van der Waals surface area (Å²) in [7, 11) is 0. The van der Waals surface area contributed by atoms with E-state index in [-0.39, 0.29) is 6.04 Å². The molecule has 2 N–H and O–H groups in total. The lowest BCUT2D eigenvalue weighted by Gasteiger charge is -2.12. The third-order valence-electron chi connectivity index (χ3n) is 3.39. The van der Waals surface area contributed by atoms with Crippen molar-refractivity contribution in [2.75, 3.05) is 11.9 Å². The van der Waals surface area contributed by atoms with Gasteiger partial charge in [0.15, 0.2) is 0 Å². The molecule has 1 atom stereocenters. The van der Waals surface area contributed by atoms with Gasteiger partial charge in [0.25, 0.3) is 0 Å². The maximum Gasteiger partial charge on any atom is 0.147 e. The summed E-state index contributed by atoms with van der Waals surface area (Å²) in [6.07, 6.45) is 2.29. The third kappa shape index (κ3) is 2.93. The number of hydrogen-bond donors (Lipinski definition) is 2. The van der Waals surface area contributed by atoms with Gasteiger partial charge in [-0.15, -0.1) is 0 Å². The zero-order valence-electron chi connectivity index (χ0n) is 11.8. The zero-order valence-corrected chi connectivity index (χ0v) is 11.8. The smallest absolute Gasteiger partial charge is 0.147 e. The molecule has 3 heterocycles. The quantitative estimate of drug-likeness (QED) is 0.897. The lowest BCUT2D eigenvalue weighted by molar-refractivity contribution is 0.603. The molecule has 0 amide bonds. The number of aromatic nitrogens is 3. The Kier molecular flexibility index (Phi) is 3.60. The first kappa shape index (κ1) is 13.0. The summed E-state index contributed by atoms with van der Waals surface area (Å²) in [4.78, 5) is 13.6. The number of rotatable bonds is 3. The van der Waals surface area contributed by atoms with Crippen LogP contribution >= 0.6 is 0 Å². The molecule has 0 radical (unpaired) electrons. The molecular formula is C15H19N5. The number of aryl methyl sites for hydroxylation is 2. The van der Waals surface area contributed by atoms with E-state index in [1.165, 1.54) is 6.42 Å². The summed E-state index contributed by atoms with van der Waals surface area (Å²) in [5.74, 6) is 2.49. The molecule has 1 aliphatic rings. The molecule has 0 aromatic carbocycles. The largest absolute Gasteiger partial charge is 0.325 e. The van der Waals surface area contributed by atoms with E-state index in [1.54, 1.807) is 0 Å². The van der Waals surface area contributed by atoms with Crippen LogP contribution in [0.1, 0.15) is 36.1 Å². The summed E-state index contributed by atoms with van der Waals surface area (Å²) in [5, 5.41) is 6.69. The SMILES string of the molecule is Cc1cccc(Nc2cc(C)nc([C@@H]3CCCN3)n2)n1. The minimum absolute atomic E-state index is 0.279. The van der Waals surface area contributed by atoms with Crippen molar-refractivity contribution in [3.05, 3.63) is 41.5 Å². The van der Waals surface area contributed by atoms with Gasteiger partial charge in [-0.3, -0.25) is 0 Å². The van der Waals surface area contributed by atoms with Gasteiger partial charge in [-0.05, 0) is 45.4 Å². The minimum atomic E-state index is 0.279. The second kappa shape index (κ2) is 5.54. The molecule has 0 saturated carbocycles. The summed E-state index contributed by atoms with van der Waals surface area (Å²) < 4.78 is 0. The first-order chi connectivity index (χ1) is 9.70. The van der Waals surface area contributed by atoms with Crippen molar-refractivity contribution in [2.24, 2.45) is 0 Å². The molecule has 20 heavy (non-hydrogen) atoms. The van der Waals surface area contributed by atoms with E-state index in [0.29, 0.717) is 0 Å². The maximum atomic E-state index is 4.62. The molecule has 2 aromatic heterocycles. The van der Waals surface area contributed by atoms with Crippen molar-refractivity contribution in [2.45, 2.75) is 32.7 Å². The Bertz CT molecular complexity index is 605. The molecule has 0 aliphatic carbocycles. The summed E-state index contributed by atoms with van der Waals surface area (Å²) in [6, 6.07) is 8.13. The number of nitrogens with zero attached hydrogens (tertiary/aromatic N) is 3. The van der Waals surface area contributed by atoms with Crippen molar-refractivity contribution >= 4 is 11.6 Å². The number of nitrogens with one attached hydrogen (secondary N) is 2. The predicted octanol–water partition coefficient (Wildman–Crippen LogP) is 2.66. The van der Waals surface area contributed by atoms with Crippen LogP contribution in [-0.4, -0.2) is 21.5 Å². The van der Waals surface area contributed by atoms with Gasteiger partial charge in [-0.1, -0.05) is 6.07 Å². The van der Waals surface area contributed by atoms with Crippen LogP contribution in [0, 0.1) is 13.8 Å². The Balaban J connectivity index is 1.85. The molecule has 3 rings (SSSR count). The molecule has 1 fully saturated rings. The van der Waals surface area contributed by atoms with Crippen molar-refractivity contribution in [3.63, 3.8) is 0 Å². The fourth-order valence-corrected chi connectivity index (χ4v) is 2.46. The van der Waals surface area contributed by atoms with Gasteiger partial charge >= 0.3 is 0 Å². The van der Waals surface area contributed by atoms with Crippen LogP contribution < -0.4 is 10.6 Å². The van der Waals surface area contributed by atoms with Crippen molar-refractivity contribution in [1.82, 2.24) is 20.3 Å². The first-order valence-corrected chi connectivity index (χ1v) is 7.00. The predicted molar refractivity (Wildman–Crippen MR) is 79.0 cm³/mol. The van der Waals surface area contributed by atoms with Crippen LogP contribution in [0.3, 0.4) is 0 Å². The van der Waals surface area contributed by atoms with E-state index in [1.807, 2.05) is 38.1 Å². The highest BCUT2D eigenvalue weighted by atomic mass is 15.1. The Morgan fingerprint density at radius 2 is 2.00 bits per heavy atom. The Hall–Kier alpha value is -2.01. The fraction of sp³-hybridized carbons (Fsp3) is 0.400. The van der Waals surface area contributed by atoms with E-state index in [0.717, 1.165) is 41.8 Å². The van der Waals surface area contributed by atoms with Crippen LogP contribution in [0.4, 0.5) is 11.6 Å². The van der Waals surface area contributed by atoms with E-state index in [9.17, 15) is 0 Å². The monoisotopic (exact) mass is 269 g/mol. The van der Waals surface area contributed by atoms with Crippen LogP contribution in [0.15, 0.2) is 24.3 Å². The molecular weight excluding hydrogens is 250 g/mol. The average Bonchev–Trinajstić information content (AvgIpc) is 2.91. The molecule has 2 aromatic rings. The molecule has 5 nitrogen and oxygen atoms in total. The normalized spacial score (nSPS) is 18.2. The number of hydrogen-bond acceptors (Lipinski definition) is 5. The van der Waals surface area contributed by atoms with Gasteiger partial charge in [0, 0.05) is 17.5 Å². The van der Waals surface area contributed by atoms with E-state index < -0.39 is 0 Å². The number of anilines is 2. The highest BCUT2D eigenvalue weighted by molar-refractivity contribution is 5.52. The van der Waals surface area contributed by atoms with Crippen LogP contribution in [0.2, 0.25) is 0 Å². The molecule has 0 spiro atoms. The van der Waals surface area contributed by atoms with Gasteiger partial charge < -0.3 is 10.6 Å². The highest BCUT2D eigenvalue weighted by Crippen LogP contribution is 2.22. The lowest BCUT2D eigenvalue weighted by atomic mass is 10.2. The Morgan fingerprint density at radius 3 is 2.75 bits per heavy atom. The minimum Gasteiger partial charge on any atom is -0.325 e. The van der Waals surface area contributed by atoms with Crippen molar-refractivity contribution in [1.29, 1.82) is 0 Å². The number of pyridine rings is 1. The molecule has 5 heteroatoms. The topological polar surface area (TPSA) is 62.7 Å². The van der Waals surface area contributed by atoms with Crippen LogP contribution in [0.25, 0.3) is 0 Å². The molecule has 0 unspecified atom stereocenters. The molecule has 1 aliphatic heterocycles. The summed E-state index contributed by atoms with van der Waals surface area (Å²) in [6.45, 7) is 5.02. The lowest BCUT2D eigenvalue weighted by Crippen LogP contribution is -2.17. The standard InChI is InChI=1S/C15H19N5/c1-10-5-3-7-13(17-10)19-14-9-11(2)18-15(20-14)12-6-4-8-16-12/h3,5,7,9,12,16H,4,6,8H2,1-2H3,(H,17,18,19,20)/t12-/m0/s1. The Labute approximate surface area is 118 Å². The van der Waals surface area contributed by atoms with Gasteiger partial charge in [0.05, 0.1) is 6.04 Å². The molecule has 0 bridgehead atoms. The van der Waals surface area contributed by atoms with Gasteiger partial charge in [-0.25, -0.2) is 15.0 Å².